The number of aliphatic imine (C=N–C) groups is 1. The summed E-state index contributed by atoms with van der Waals surface area (Å²) in [6, 6.07) is 13.5. The van der Waals surface area contributed by atoms with Crippen LogP contribution >= 0.6 is 0 Å². The third kappa shape index (κ3) is 4.03. The van der Waals surface area contributed by atoms with E-state index in [2.05, 4.69) is 22.0 Å². The Kier molecular flexibility index (Phi) is 5.32. The Morgan fingerprint density at radius 3 is 2.41 bits per heavy atom. The number of hydrogen-bond acceptors (Lipinski definition) is 4. The first-order chi connectivity index (χ1) is 12.8. The molecule has 0 saturated carbocycles. The van der Waals surface area contributed by atoms with Crippen LogP contribution in [0, 0.1) is 5.92 Å². The Balaban J connectivity index is 1.88. The summed E-state index contributed by atoms with van der Waals surface area (Å²) >= 11 is 0. The van der Waals surface area contributed by atoms with Crippen LogP contribution in [0.3, 0.4) is 0 Å². The van der Waals surface area contributed by atoms with Crippen molar-refractivity contribution in [2.24, 2.45) is 10.9 Å². The van der Waals surface area contributed by atoms with E-state index >= 15 is 0 Å². The standard InChI is InChI=1S/C20H23N3O3S/c1-4-14-9-11-15(12-10-14)21-20(24)18(13(2)3)22-19-16-7-5-6-8-17(16)27(25,26)23-19/h5-13,18H,4H2,1-3H3,(H,21,24)(H,22,23)/t18-/m0/s1. The minimum Gasteiger partial charge on any atom is -0.324 e. The van der Waals surface area contributed by atoms with Gasteiger partial charge in [-0.25, -0.2) is 8.42 Å². The van der Waals surface area contributed by atoms with E-state index in [1.807, 2.05) is 38.1 Å². The highest BCUT2D eigenvalue weighted by Gasteiger charge is 2.32. The maximum Gasteiger partial charge on any atom is 0.263 e. The van der Waals surface area contributed by atoms with E-state index in [4.69, 9.17) is 0 Å². The van der Waals surface area contributed by atoms with E-state index in [9.17, 15) is 13.2 Å². The lowest BCUT2D eigenvalue weighted by atomic mass is 10.0. The zero-order valence-corrected chi connectivity index (χ0v) is 16.4. The van der Waals surface area contributed by atoms with Crippen molar-refractivity contribution in [2.75, 3.05) is 5.32 Å². The normalized spacial score (nSPS) is 17.4. The van der Waals surface area contributed by atoms with Crippen molar-refractivity contribution in [1.82, 2.24) is 4.72 Å². The lowest BCUT2D eigenvalue weighted by Crippen LogP contribution is -2.34. The van der Waals surface area contributed by atoms with E-state index < -0.39 is 16.1 Å². The molecule has 2 aromatic rings. The molecule has 27 heavy (non-hydrogen) atoms. The average Bonchev–Trinajstić information content (AvgIpc) is 2.90. The van der Waals surface area contributed by atoms with Crippen molar-refractivity contribution in [1.29, 1.82) is 0 Å². The summed E-state index contributed by atoms with van der Waals surface area (Å²) in [6.45, 7) is 5.83. The highest BCUT2D eigenvalue weighted by Crippen LogP contribution is 2.24. The van der Waals surface area contributed by atoms with Gasteiger partial charge in [0.15, 0.2) is 0 Å². The van der Waals surface area contributed by atoms with Gasteiger partial charge in [-0.05, 0) is 42.2 Å². The van der Waals surface area contributed by atoms with E-state index in [-0.39, 0.29) is 22.6 Å². The number of carbonyl (C=O) groups excluding carboxylic acids is 1. The summed E-state index contributed by atoms with van der Waals surface area (Å²) < 4.78 is 26.9. The summed E-state index contributed by atoms with van der Waals surface area (Å²) in [5, 5.41) is 2.87. The number of aryl methyl sites for hydroxylation is 1. The van der Waals surface area contributed by atoms with Gasteiger partial charge in [0.25, 0.3) is 10.0 Å². The molecule has 2 aromatic carbocycles. The molecular weight excluding hydrogens is 362 g/mol. The van der Waals surface area contributed by atoms with Crippen molar-refractivity contribution in [3.8, 4) is 0 Å². The molecule has 3 rings (SSSR count). The number of rotatable bonds is 5. The van der Waals surface area contributed by atoms with Crippen LogP contribution in [0.5, 0.6) is 0 Å². The molecule has 1 aliphatic heterocycles. The minimum atomic E-state index is -3.63. The minimum absolute atomic E-state index is 0.107. The second kappa shape index (κ2) is 7.52. The van der Waals surface area contributed by atoms with Crippen molar-refractivity contribution in [2.45, 2.75) is 38.1 Å². The number of carbonyl (C=O) groups is 1. The molecule has 1 amide bonds. The molecule has 0 saturated heterocycles. The highest BCUT2D eigenvalue weighted by atomic mass is 32.2. The summed E-state index contributed by atoms with van der Waals surface area (Å²) in [4.78, 5) is 17.4. The molecule has 6 nitrogen and oxygen atoms in total. The molecule has 142 valence electrons. The van der Waals surface area contributed by atoms with Gasteiger partial charge in [0.2, 0.25) is 5.91 Å². The molecule has 0 bridgehead atoms. The number of nitrogens with zero attached hydrogens (tertiary/aromatic N) is 1. The monoisotopic (exact) mass is 385 g/mol. The molecule has 0 aromatic heterocycles. The fraction of sp³-hybridized carbons (Fsp3) is 0.300. The summed E-state index contributed by atoms with van der Waals surface area (Å²) in [5.41, 5.74) is 2.37. The van der Waals surface area contributed by atoms with Gasteiger partial charge >= 0.3 is 0 Å². The molecule has 0 fully saturated rings. The zero-order chi connectivity index (χ0) is 19.6. The van der Waals surface area contributed by atoms with Gasteiger partial charge in [-0.15, -0.1) is 0 Å². The maximum absolute atomic E-state index is 12.8. The molecule has 0 radical (unpaired) electrons. The Hall–Kier alpha value is -2.67. The number of amides is 1. The van der Waals surface area contributed by atoms with E-state index in [1.165, 1.54) is 11.6 Å². The lowest BCUT2D eigenvalue weighted by molar-refractivity contribution is -0.118. The Morgan fingerprint density at radius 1 is 1.11 bits per heavy atom. The Morgan fingerprint density at radius 2 is 1.78 bits per heavy atom. The average molecular weight is 385 g/mol. The first-order valence-corrected chi connectivity index (χ1v) is 10.4. The molecule has 0 unspecified atom stereocenters. The van der Waals surface area contributed by atoms with Crippen LogP contribution in [0.25, 0.3) is 0 Å². The third-order valence-electron chi connectivity index (χ3n) is 4.46. The Bertz CT molecular complexity index is 980. The van der Waals surface area contributed by atoms with Crippen LogP contribution < -0.4 is 10.0 Å². The first-order valence-electron chi connectivity index (χ1n) is 8.91. The highest BCUT2D eigenvalue weighted by molar-refractivity contribution is 7.90. The number of anilines is 1. The van der Waals surface area contributed by atoms with Crippen LogP contribution in [-0.2, 0) is 21.2 Å². The molecule has 2 N–H and O–H groups in total. The van der Waals surface area contributed by atoms with Gasteiger partial charge in [0, 0.05) is 11.3 Å². The number of amidine groups is 1. The summed E-state index contributed by atoms with van der Waals surface area (Å²) in [5.74, 6) is -0.171. The molecule has 0 aliphatic carbocycles. The number of benzene rings is 2. The maximum atomic E-state index is 12.8. The molecular formula is C20H23N3O3S. The van der Waals surface area contributed by atoms with Crippen molar-refractivity contribution in [3.63, 3.8) is 0 Å². The smallest absolute Gasteiger partial charge is 0.263 e. The van der Waals surface area contributed by atoms with Gasteiger partial charge in [-0.2, -0.15) is 0 Å². The first kappa shape index (κ1) is 19.1. The second-order valence-corrected chi connectivity index (χ2v) is 8.46. The van der Waals surface area contributed by atoms with Gasteiger partial charge < -0.3 is 5.32 Å². The largest absolute Gasteiger partial charge is 0.324 e. The number of hydrogen-bond donors (Lipinski definition) is 2. The SMILES string of the molecule is CCc1ccc(NC(=O)[C@@H](N=C2NS(=O)(=O)c3ccccc32)C(C)C)cc1. The number of fused-ring (bicyclic) bond motifs is 1. The number of nitrogens with one attached hydrogen (secondary N) is 2. The molecule has 1 heterocycles. The van der Waals surface area contributed by atoms with Crippen LogP contribution in [0.4, 0.5) is 5.69 Å². The van der Waals surface area contributed by atoms with Crippen molar-refractivity contribution in [3.05, 3.63) is 59.7 Å². The van der Waals surface area contributed by atoms with Gasteiger partial charge in [-0.1, -0.05) is 45.0 Å². The molecule has 7 heteroatoms. The molecule has 1 atom stereocenters. The lowest BCUT2D eigenvalue weighted by Gasteiger charge is -2.17. The quantitative estimate of drug-likeness (QED) is 0.829. The van der Waals surface area contributed by atoms with Crippen molar-refractivity contribution < 1.29 is 13.2 Å². The van der Waals surface area contributed by atoms with Gasteiger partial charge in [0.1, 0.15) is 11.9 Å². The van der Waals surface area contributed by atoms with E-state index in [0.29, 0.717) is 11.3 Å². The predicted octanol–water partition coefficient (Wildman–Crippen LogP) is 2.95. The topological polar surface area (TPSA) is 87.6 Å². The predicted molar refractivity (Wildman–Crippen MR) is 106 cm³/mol. The van der Waals surface area contributed by atoms with Gasteiger partial charge in [0.05, 0.1) is 4.90 Å². The number of sulfonamides is 1. The third-order valence-corrected chi connectivity index (χ3v) is 5.86. The van der Waals surface area contributed by atoms with Crippen LogP contribution in [0.2, 0.25) is 0 Å². The fourth-order valence-corrected chi connectivity index (χ4v) is 4.16. The Labute approximate surface area is 159 Å². The van der Waals surface area contributed by atoms with Gasteiger partial charge in [-0.3, -0.25) is 14.5 Å². The van der Waals surface area contributed by atoms with Crippen LogP contribution in [-0.4, -0.2) is 26.2 Å². The fourth-order valence-electron chi connectivity index (χ4n) is 2.92. The zero-order valence-electron chi connectivity index (χ0n) is 15.6. The van der Waals surface area contributed by atoms with Crippen LogP contribution in [0.15, 0.2) is 58.4 Å². The van der Waals surface area contributed by atoms with E-state index in [0.717, 1.165) is 6.42 Å². The molecule has 0 spiro atoms. The van der Waals surface area contributed by atoms with Crippen molar-refractivity contribution >= 4 is 27.5 Å². The summed E-state index contributed by atoms with van der Waals surface area (Å²) in [6.07, 6.45) is 0.927. The van der Waals surface area contributed by atoms with E-state index in [1.54, 1.807) is 18.2 Å². The summed E-state index contributed by atoms with van der Waals surface area (Å²) in [7, 11) is -3.63. The molecule has 1 aliphatic rings. The second-order valence-electron chi connectivity index (χ2n) is 6.81. The van der Waals surface area contributed by atoms with Crippen LogP contribution in [0.1, 0.15) is 31.9 Å².